The number of carbonyl (C=O) groups is 1. The number of hydrogen-bond acceptors (Lipinski definition) is 18. The number of aliphatic hydroxyl groups is 11. The van der Waals surface area contributed by atoms with Gasteiger partial charge in [-0.3, -0.25) is 4.79 Å². The zero-order chi connectivity index (χ0) is 53.4. The van der Waals surface area contributed by atoms with Crippen molar-refractivity contribution >= 4 is 5.91 Å². The summed E-state index contributed by atoms with van der Waals surface area (Å²) in [6.07, 6.45) is 12.4. The molecule has 0 radical (unpaired) electrons. The lowest BCUT2D eigenvalue weighted by atomic mass is 9.96. The zero-order valence-corrected chi connectivity index (χ0v) is 43.6. The Labute approximate surface area is 433 Å². The molecule has 3 rings (SSSR count). The molecule has 0 saturated carbocycles. The molecule has 0 spiro atoms. The molecule has 12 N–H and O–H groups in total. The van der Waals surface area contributed by atoms with Crippen molar-refractivity contribution in [2.75, 3.05) is 26.4 Å². The summed E-state index contributed by atoms with van der Waals surface area (Å²) in [7, 11) is 0. The van der Waals surface area contributed by atoms with Crippen molar-refractivity contribution in [3.63, 3.8) is 0 Å². The maximum atomic E-state index is 13.2. The van der Waals surface area contributed by atoms with Gasteiger partial charge in [0.15, 0.2) is 18.9 Å². The number of aliphatic hydroxyl groups excluding tert-OH is 11. The van der Waals surface area contributed by atoms with Crippen LogP contribution in [0.25, 0.3) is 0 Å². The molecule has 17 unspecified atom stereocenters. The number of unbranched alkanes of at least 4 members (excludes halogenated alkanes) is 16. The normalized spacial score (nSPS) is 32.1. The van der Waals surface area contributed by atoms with Gasteiger partial charge in [0, 0.05) is 6.42 Å². The Morgan fingerprint density at radius 3 is 1.48 bits per heavy atom. The maximum Gasteiger partial charge on any atom is 0.220 e. The van der Waals surface area contributed by atoms with Crippen LogP contribution in [-0.2, 0) is 33.2 Å². The fraction of sp³-hybridized carbons (Fsp3) is 0.833. The van der Waals surface area contributed by atoms with E-state index in [2.05, 4.69) is 55.6 Å². The molecular formula is C54H95NO18. The lowest BCUT2D eigenvalue weighted by Crippen LogP contribution is -2.66. The fourth-order valence-corrected chi connectivity index (χ4v) is 9.08. The molecule has 0 aromatic heterocycles. The summed E-state index contributed by atoms with van der Waals surface area (Å²) in [5, 5.41) is 120. The standard InChI is InChI=1S/C54H95NO18/c1-3-5-7-9-11-13-15-17-18-20-22-24-26-28-30-32-42(60)55-37(38(59)31-29-27-25-23-21-19-16-14-12-10-8-6-4-2)36-68-52-48(66)45(63)50(40(34-57)70-52)73-54-49(67)46(64)51(41(35-58)71-54)72-53-47(65)44(62)43(61)39(33-56)69-53/h5,7,11,13,17-18,29,31,37-41,43-54,56-59,61-67H,3-4,6,8-10,12,14-16,19-28,30,32-36H2,1-2H3,(H,55,60)/b7-5-,13-11-,18-17-,31-29+. The minimum Gasteiger partial charge on any atom is -0.394 e. The van der Waals surface area contributed by atoms with E-state index >= 15 is 0 Å². The van der Waals surface area contributed by atoms with Gasteiger partial charge in [-0.2, -0.15) is 0 Å². The molecule has 17 atom stereocenters. The van der Waals surface area contributed by atoms with Gasteiger partial charge >= 0.3 is 0 Å². The van der Waals surface area contributed by atoms with Gasteiger partial charge in [-0.1, -0.05) is 146 Å². The van der Waals surface area contributed by atoms with E-state index in [0.29, 0.717) is 6.42 Å². The molecule has 19 heteroatoms. The average molecular weight is 1050 g/mol. The number of allylic oxidation sites excluding steroid dienone is 7. The summed E-state index contributed by atoms with van der Waals surface area (Å²) >= 11 is 0. The van der Waals surface area contributed by atoms with Crippen molar-refractivity contribution in [3.8, 4) is 0 Å². The smallest absolute Gasteiger partial charge is 0.220 e. The van der Waals surface area contributed by atoms with Crippen molar-refractivity contribution in [3.05, 3.63) is 48.6 Å². The first kappa shape index (κ1) is 65.0. The van der Waals surface area contributed by atoms with Crippen LogP contribution in [0.2, 0.25) is 0 Å². The molecule has 3 saturated heterocycles. The zero-order valence-electron chi connectivity index (χ0n) is 43.6. The van der Waals surface area contributed by atoms with Crippen LogP contribution >= 0.6 is 0 Å². The monoisotopic (exact) mass is 1050 g/mol. The molecular weight excluding hydrogens is 951 g/mol. The first-order chi connectivity index (χ1) is 35.3. The molecule has 3 heterocycles. The van der Waals surface area contributed by atoms with Gasteiger partial charge in [0.1, 0.15) is 73.2 Å². The average Bonchev–Trinajstić information content (AvgIpc) is 3.39. The van der Waals surface area contributed by atoms with Gasteiger partial charge < -0.3 is 89.9 Å². The summed E-state index contributed by atoms with van der Waals surface area (Å²) in [6, 6.07) is -0.981. The molecule has 0 aromatic carbocycles. The molecule has 0 bridgehead atoms. The highest BCUT2D eigenvalue weighted by Crippen LogP contribution is 2.33. The van der Waals surface area contributed by atoms with Gasteiger partial charge in [0.2, 0.25) is 5.91 Å². The Morgan fingerprint density at radius 1 is 0.507 bits per heavy atom. The number of amides is 1. The van der Waals surface area contributed by atoms with Crippen molar-refractivity contribution in [2.45, 2.75) is 259 Å². The van der Waals surface area contributed by atoms with Gasteiger partial charge in [-0.15, -0.1) is 0 Å². The summed E-state index contributed by atoms with van der Waals surface area (Å²) in [6.45, 7) is 1.55. The first-order valence-corrected chi connectivity index (χ1v) is 27.4. The molecule has 424 valence electrons. The van der Waals surface area contributed by atoms with Crippen LogP contribution in [-0.4, -0.2) is 193 Å². The minimum atomic E-state index is -1.98. The molecule has 0 aromatic rings. The Balaban J connectivity index is 1.55. The first-order valence-electron chi connectivity index (χ1n) is 27.4. The molecule has 73 heavy (non-hydrogen) atoms. The van der Waals surface area contributed by atoms with E-state index < -0.39 is 124 Å². The molecule has 0 aliphatic carbocycles. The number of ether oxygens (including phenoxy) is 6. The Kier molecular flexibility index (Phi) is 34.1. The number of carbonyl (C=O) groups excluding carboxylic acids is 1. The van der Waals surface area contributed by atoms with E-state index in [4.69, 9.17) is 28.4 Å². The number of rotatable bonds is 38. The van der Waals surface area contributed by atoms with Crippen molar-refractivity contribution in [1.82, 2.24) is 5.32 Å². The molecule has 3 fully saturated rings. The van der Waals surface area contributed by atoms with Crippen LogP contribution in [0.15, 0.2) is 48.6 Å². The second kappa shape index (κ2) is 38.3. The van der Waals surface area contributed by atoms with Gasteiger partial charge in [0.25, 0.3) is 0 Å². The van der Waals surface area contributed by atoms with Crippen molar-refractivity contribution in [2.24, 2.45) is 0 Å². The third-order valence-corrected chi connectivity index (χ3v) is 13.6. The summed E-state index contributed by atoms with van der Waals surface area (Å²) in [4.78, 5) is 13.2. The molecule has 1 amide bonds. The minimum absolute atomic E-state index is 0.222. The Hall–Kier alpha value is -2.25. The largest absolute Gasteiger partial charge is 0.394 e. The topological polar surface area (TPSA) is 307 Å². The lowest BCUT2D eigenvalue weighted by Gasteiger charge is -2.48. The second-order valence-electron chi connectivity index (χ2n) is 19.7. The quantitative estimate of drug-likeness (QED) is 0.0312. The maximum absolute atomic E-state index is 13.2. The summed E-state index contributed by atoms with van der Waals surface area (Å²) in [5.41, 5.74) is 0. The predicted molar refractivity (Wildman–Crippen MR) is 272 cm³/mol. The van der Waals surface area contributed by atoms with Crippen LogP contribution in [0, 0.1) is 0 Å². The van der Waals surface area contributed by atoms with Crippen molar-refractivity contribution < 1.29 is 89.4 Å². The van der Waals surface area contributed by atoms with E-state index in [1.165, 1.54) is 51.4 Å². The van der Waals surface area contributed by atoms with Gasteiger partial charge in [0.05, 0.1) is 38.6 Å². The third kappa shape index (κ3) is 23.5. The van der Waals surface area contributed by atoms with Crippen LogP contribution in [0.4, 0.5) is 0 Å². The van der Waals surface area contributed by atoms with Crippen LogP contribution in [0.3, 0.4) is 0 Å². The summed E-state index contributed by atoms with van der Waals surface area (Å²) in [5.74, 6) is -0.297. The molecule has 3 aliphatic heterocycles. The lowest BCUT2D eigenvalue weighted by molar-refractivity contribution is -0.379. The van der Waals surface area contributed by atoms with Gasteiger partial charge in [-0.25, -0.2) is 0 Å². The van der Waals surface area contributed by atoms with Crippen LogP contribution in [0.1, 0.15) is 155 Å². The highest BCUT2D eigenvalue weighted by Gasteiger charge is 2.53. The predicted octanol–water partition coefficient (Wildman–Crippen LogP) is 3.14. The van der Waals surface area contributed by atoms with Crippen molar-refractivity contribution in [1.29, 1.82) is 0 Å². The summed E-state index contributed by atoms with van der Waals surface area (Å²) < 4.78 is 34.1. The highest BCUT2D eigenvalue weighted by molar-refractivity contribution is 5.76. The van der Waals surface area contributed by atoms with Gasteiger partial charge in [-0.05, 0) is 51.4 Å². The van der Waals surface area contributed by atoms with Crippen LogP contribution in [0.5, 0.6) is 0 Å². The second-order valence-corrected chi connectivity index (χ2v) is 19.7. The Bertz CT molecular complexity index is 1530. The van der Waals surface area contributed by atoms with E-state index in [-0.39, 0.29) is 18.9 Å². The fourth-order valence-electron chi connectivity index (χ4n) is 9.08. The number of hydrogen-bond donors (Lipinski definition) is 12. The number of nitrogens with one attached hydrogen (secondary N) is 1. The SMILES string of the molecule is CC/C=C\C/C=C\C/C=C\CCCCCCCC(=O)NC(COC1OC(CO)C(OC2OC(CO)C(OC3OC(CO)C(O)C(O)C3O)C(O)C2O)C(O)C1O)C(O)/C=C/CCCCCCCCCCCCC. The van der Waals surface area contributed by atoms with E-state index in [1.807, 2.05) is 6.08 Å². The van der Waals surface area contributed by atoms with E-state index in [1.54, 1.807) is 6.08 Å². The van der Waals surface area contributed by atoms with Crippen LogP contribution < -0.4 is 5.32 Å². The highest BCUT2D eigenvalue weighted by atomic mass is 16.8. The molecule has 3 aliphatic rings. The third-order valence-electron chi connectivity index (χ3n) is 13.6. The Morgan fingerprint density at radius 2 is 0.945 bits per heavy atom. The van der Waals surface area contributed by atoms with E-state index in [0.717, 1.165) is 77.0 Å². The molecule has 19 nitrogen and oxygen atoms in total. The van der Waals surface area contributed by atoms with E-state index in [9.17, 15) is 61.0 Å².